The summed E-state index contributed by atoms with van der Waals surface area (Å²) < 4.78 is 5.70. The summed E-state index contributed by atoms with van der Waals surface area (Å²) >= 11 is 6.02. The molecule has 0 heterocycles. The maximum absolute atomic E-state index is 12.4. The Labute approximate surface area is 145 Å². The molecule has 6 heteroatoms. The van der Waals surface area contributed by atoms with Gasteiger partial charge in [-0.25, -0.2) is 4.79 Å². The molecule has 2 aromatic rings. The third kappa shape index (κ3) is 4.49. The highest BCUT2D eigenvalue weighted by Crippen LogP contribution is 2.24. The van der Waals surface area contributed by atoms with Crippen molar-refractivity contribution in [2.45, 2.75) is 26.4 Å². The van der Waals surface area contributed by atoms with Crippen molar-refractivity contribution in [3.8, 4) is 5.75 Å². The molecule has 0 aromatic heterocycles. The van der Waals surface area contributed by atoms with Gasteiger partial charge in [0.2, 0.25) is 0 Å². The number of carbonyl (C=O) groups is 2. The molecule has 126 valence electrons. The van der Waals surface area contributed by atoms with Crippen molar-refractivity contribution >= 4 is 29.2 Å². The number of hydrogen-bond acceptors (Lipinski definition) is 3. The van der Waals surface area contributed by atoms with Crippen molar-refractivity contribution in [1.82, 2.24) is 0 Å². The van der Waals surface area contributed by atoms with E-state index in [1.54, 1.807) is 24.3 Å². The number of carboxylic acid groups (broad SMARTS) is 1. The van der Waals surface area contributed by atoms with E-state index in [1.165, 1.54) is 18.2 Å². The first kappa shape index (κ1) is 17.8. The van der Waals surface area contributed by atoms with E-state index in [0.717, 1.165) is 6.42 Å². The van der Waals surface area contributed by atoms with E-state index in [4.69, 9.17) is 21.4 Å². The Morgan fingerprint density at radius 2 is 1.96 bits per heavy atom. The van der Waals surface area contributed by atoms with Crippen LogP contribution < -0.4 is 10.1 Å². The fourth-order valence-corrected chi connectivity index (χ4v) is 2.14. The molecule has 2 rings (SSSR count). The highest BCUT2D eigenvalue weighted by molar-refractivity contribution is 6.34. The van der Waals surface area contributed by atoms with Crippen LogP contribution in [0.3, 0.4) is 0 Å². The molecule has 2 aromatic carbocycles. The Morgan fingerprint density at radius 3 is 2.62 bits per heavy atom. The van der Waals surface area contributed by atoms with Crippen molar-refractivity contribution < 1.29 is 19.4 Å². The molecule has 0 aliphatic carbocycles. The molecule has 5 nitrogen and oxygen atoms in total. The van der Waals surface area contributed by atoms with E-state index in [-0.39, 0.29) is 22.4 Å². The van der Waals surface area contributed by atoms with Crippen LogP contribution in [0.1, 0.15) is 41.0 Å². The van der Waals surface area contributed by atoms with Gasteiger partial charge in [-0.1, -0.05) is 24.6 Å². The molecule has 2 N–H and O–H groups in total. The van der Waals surface area contributed by atoms with Gasteiger partial charge in [-0.2, -0.15) is 0 Å². The van der Waals surface area contributed by atoms with Crippen LogP contribution >= 0.6 is 11.6 Å². The average Bonchev–Trinajstić information content (AvgIpc) is 2.56. The molecule has 0 radical (unpaired) electrons. The molecule has 1 unspecified atom stereocenters. The summed E-state index contributed by atoms with van der Waals surface area (Å²) in [6.07, 6.45) is 0.901. The minimum absolute atomic E-state index is 0.0450. The zero-order valence-electron chi connectivity index (χ0n) is 13.4. The van der Waals surface area contributed by atoms with Gasteiger partial charge >= 0.3 is 5.97 Å². The summed E-state index contributed by atoms with van der Waals surface area (Å²) in [5.74, 6) is -0.887. The second-order valence-corrected chi connectivity index (χ2v) is 5.73. The van der Waals surface area contributed by atoms with Gasteiger partial charge in [0.15, 0.2) is 0 Å². The van der Waals surface area contributed by atoms with Gasteiger partial charge in [-0.3, -0.25) is 4.79 Å². The second-order valence-electron chi connectivity index (χ2n) is 5.32. The van der Waals surface area contributed by atoms with E-state index in [0.29, 0.717) is 11.3 Å². The lowest BCUT2D eigenvalue weighted by molar-refractivity contribution is 0.0696. The lowest BCUT2D eigenvalue weighted by atomic mass is 10.1. The highest BCUT2D eigenvalue weighted by Gasteiger charge is 2.12. The number of halogens is 1. The van der Waals surface area contributed by atoms with Crippen molar-refractivity contribution in [1.29, 1.82) is 0 Å². The van der Waals surface area contributed by atoms with Crippen LogP contribution in [-0.4, -0.2) is 23.1 Å². The second kappa shape index (κ2) is 7.84. The first-order chi connectivity index (χ1) is 11.4. The van der Waals surface area contributed by atoms with Gasteiger partial charge in [0.1, 0.15) is 5.75 Å². The van der Waals surface area contributed by atoms with Gasteiger partial charge in [0.05, 0.1) is 22.4 Å². The number of ether oxygens (including phenoxy) is 1. The van der Waals surface area contributed by atoms with Crippen LogP contribution in [0.4, 0.5) is 5.69 Å². The van der Waals surface area contributed by atoms with Gasteiger partial charge in [-0.05, 0) is 49.7 Å². The number of amides is 1. The van der Waals surface area contributed by atoms with E-state index in [2.05, 4.69) is 5.32 Å². The normalized spacial score (nSPS) is 11.6. The van der Waals surface area contributed by atoms with Crippen molar-refractivity contribution in [3.05, 3.63) is 58.6 Å². The summed E-state index contributed by atoms with van der Waals surface area (Å²) in [6, 6.07) is 10.9. The molecule has 24 heavy (non-hydrogen) atoms. The Balaban J connectivity index is 2.19. The molecule has 0 aliphatic rings. The summed E-state index contributed by atoms with van der Waals surface area (Å²) in [5.41, 5.74) is 0.686. The third-order valence-electron chi connectivity index (χ3n) is 3.47. The Hall–Kier alpha value is -2.53. The van der Waals surface area contributed by atoms with Crippen LogP contribution in [0, 0.1) is 0 Å². The largest absolute Gasteiger partial charge is 0.491 e. The van der Waals surface area contributed by atoms with Gasteiger partial charge in [0, 0.05) is 5.56 Å². The van der Waals surface area contributed by atoms with Gasteiger partial charge < -0.3 is 15.2 Å². The Morgan fingerprint density at radius 1 is 1.21 bits per heavy atom. The minimum Gasteiger partial charge on any atom is -0.491 e. The van der Waals surface area contributed by atoms with Crippen LogP contribution in [0.15, 0.2) is 42.5 Å². The molecule has 0 fully saturated rings. The lowest BCUT2D eigenvalue weighted by Gasteiger charge is -2.13. The van der Waals surface area contributed by atoms with Crippen LogP contribution in [0.2, 0.25) is 5.02 Å². The number of carboxylic acids is 1. The SMILES string of the molecule is CCC(C)Oc1cccc(C(=O)Nc2cc(C(=O)O)ccc2Cl)c1. The fourth-order valence-electron chi connectivity index (χ4n) is 1.97. The van der Waals surface area contributed by atoms with Crippen LogP contribution in [0.25, 0.3) is 0 Å². The van der Waals surface area contributed by atoms with Crippen molar-refractivity contribution in [2.24, 2.45) is 0 Å². The van der Waals surface area contributed by atoms with E-state index in [1.807, 2.05) is 13.8 Å². The summed E-state index contributed by atoms with van der Waals surface area (Å²) in [7, 11) is 0. The average molecular weight is 348 g/mol. The third-order valence-corrected chi connectivity index (χ3v) is 3.80. The monoisotopic (exact) mass is 347 g/mol. The highest BCUT2D eigenvalue weighted by atomic mass is 35.5. The summed E-state index contributed by atoms with van der Waals surface area (Å²) in [6.45, 7) is 3.96. The summed E-state index contributed by atoms with van der Waals surface area (Å²) in [4.78, 5) is 23.4. The first-order valence-corrected chi connectivity index (χ1v) is 7.89. The van der Waals surface area contributed by atoms with Crippen LogP contribution in [0.5, 0.6) is 5.75 Å². The van der Waals surface area contributed by atoms with E-state index < -0.39 is 11.9 Å². The predicted molar refractivity (Wildman–Crippen MR) is 93.2 cm³/mol. The molecular formula is C18H18ClNO4. The molecule has 1 amide bonds. The Bertz CT molecular complexity index is 760. The summed E-state index contributed by atoms with van der Waals surface area (Å²) in [5, 5.41) is 11.9. The standard InChI is InChI=1S/C18H18ClNO4/c1-3-11(2)24-14-6-4-5-12(9-14)17(21)20-16-10-13(18(22)23)7-8-15(16)19/h4-11H,3H2,1-2H3,(H,20,21)(H,22,23). The number of nitrogens with one attached hydrogen (secondary N) is 1. The lowest BCUT2D eigenvalue weighted by Crippen LogP contribution is -2.14. The quantitative estimate of drug-likeness (QED) is 0.808. The van der Waals surface area contributed by atoms with Gasteiger partial charge in [0.25, 0.3) is 5.91 Å². The number of carbonyl (C=O) groups excluding carboxylic acids is 1. The zero-order chi connectivity index (χ0) is 17.7. The fraction of sp³-hybridized carbons (Fsp3) is 0.222. The zero-order valence-corrected chi connectivity index (χ0v) is 14.1. The maximum atomic E-state index is 12.4. The number of benzene rings is 2. The molecule has 1 atom stereocenters. The number of rotatable bonds is 6. The molecule has 0 aliphatic heterocycles. The molecule has 0 saturated heterocycles. The van der Waals surface area contributed by atoms with Crippen molar-refractivity contribution in [3.63, 3.8) is 0 Å². The minimum atomic E-state index is -1.09. The number of hydrogen-bond donors (Lipinski definition) is 2. The van der Waals surface area contributed by atoms with Crippen molar-refractivity contribution in [2.75, 3.05) is 5.32 Å². The Kier molecular flexibility index (Phi) is 5.82. The first-order valence-electron chi connectivity index (χ1n) is 7.51. The van der Waals surface area contributed by atoms with E-state index in [9.17, 15) is 9.59 Å². The number of aromatic carboxylic acids is 1. The maximum Gasteiger partial charge on any atom is 0.335 e. The molecule has 0 bridgehead atoms. The molecule has 0 saturated carbocycles. The smallest absolute Gasteiger partial charge is 0.335 e. The molecular weight excluding hydrogens is 330 g/mol. The van der Waals surface area contributed by atoms with Gasteiger partial charge in [-0.15, -0.1) is 0 Å². The predicted octanol–water partition coefficient (Wildman–Crippen LogP) is 4.47. The molecule has 0 spiro atoms. The van der Waals surface area contributed by atoms with E-state index >= 15 is 0 Å². The van der Waals surface area contributed by atoms with Crippen LogP contribution in [-0.2, 0) is 0 Å². The topological polar surface area (TPSA) is 75.6 Å². The number of anilines is 1.